The molecule has 0 saturated carbocycles. The third kappa shape index (κ3) is 7.33. The van der Waals surface area contributed by atoms with Gasteiger partial charge in [0, 0.05) is 17.1 Å². The van der Waals surface area contributed by atoms with Crippen molar-refractivity contribution in [2.75, 3.05) is 5.75 Å². The van der Waals surface area contributed by atoms with Gasteiger partial charge in [-0.3, -0.25) is 9.59 Å². The summed E-state index contributed by atoms with van der Waals surface area (Å²) in [5.74, 6) is -1.49. The lowest BCUT2D eigenvalue weighted by molar-refractivity contribution is -0.140. The molecular weight excluding hydrogens is 496 g/mol. The molecule has 0 heterocycles. The van der Waals surface area contributed by atoms with E-state index in [1.807, 2.05) is 91.9 Å². The van der Waals surface area contributed by atoms with Crippen LogP contribution in [0.1, 0.15) is 27.0 Å². The first-order chi connectivity index (χ1) is 18.4. The Balaban J connectivity index is 1.55. The van der Waals surface area contributed by atoms with E-state index >= 15 is 0 Å². The Morgan fingerprint density at radius 3 is 2.26 bits per heavy atom. The Hall–Kier alpha value is -4.36. The number of amides is 2. The van der Waals surface area contributed by atoms with E-state index in [9.17, 15) is 19.5 Å². The Kier molecular flexibility index (Phi) is 8.95. The number of aliphatic carboxylic acids is 1. The molecule has 7 heteroatoms. The van der Waals surface area contributed by atoms with Crippen molar-refractivity contribution in [3.05, 3.63) is 125 Å². The lowest BCUT2D eigenvalue weighted by atomic mass is 10.1. The summed E-state index contributed by atoms with van der Waals surface area (Å²) in [6.07, 6.45) is 1.56. The van der Waals surface area contributed by atoms with Gasteiger partial charge in [-0.1, -0.05) is 84.4 Å². The number of aryl methyl sites for hydroxylation is 1. The first-order valence-corrected chi connectivity index (χ1v) is 13.3. The first kappa shape index (κ1) is 26.7. The first-order valence-electron chi connectivity index (χ1n) is 12.1. The van der Waals surface area contributed by atoms with Gasteiger partial charge in [-0.2, -0.15) is 11.8 Å². The molecule has 4 rings (SSSR count). The number of benzene rings is 4. The molecule has 4 aromatic carbocycles. The van der Waals surface area contributed by atoms with Crippen molar-refractivity contribution >= 4 is 46.4 Å². The Bertz CT molecular complexity index is 1470. The lowest BCUT2D eigenvalue weighted by Gasteiger charge is -2.17. The van der Waals surface area contributed by atoms with E-state index < -0.39 is 23.8 Å². The van der Waals surface area contributed by atoms with Crippen LogP contribution in [0.3, 0.4) is 0 Å². The van der Waals surface area contributed by atoms with E-state index in [0.717, 1.165) is 21.9 Å². The average Bonchev–Trinajstić information content (AvgIpc) is 2.92. The molecule has 0 radical (unpaired) electrons. The van der Waals surface area contributed by atoms with Crippen molar-refractivity contribution < 1.29 is 19.5 Å². The van der Waals surface area contributed by atoms with Gasteiger partial charge in [0.05, 0.1) is 0 Å². The van der Waals surface area contributed by atoms with Crippen LogP contribution >= 0.6 is 11.8 Å². The number of carboxylic acids is 1. The number of hydrogen-bond acceptors (Lipinski definition) is 4. The Morgan fingerprint density at radius 1 is 0.868 bits per heavy atom. The second kappa shape index (κ2) is 12.7. The average molecular weight is 525 g/mol. The Labute approximate surface area is 225 Å². The normalized spacial score (nSPS) is 12.1. The van der Waals surface area contributed by atoms with E-state index in [1.165, 1.54) is 11.8 Å². The minimum atomic E-state index is -1.14. The van der Waals surface area contributed by atoms with Gasteiger partial charge in [-0.05, 0) is 53.1 Å². The van der Waals surface area contributed by atoms with Crippen LogP contribution in [-0.4, -0.2) is 34.7 Å². The predicted molar refractivity (Wildman–Crippen MR) is 153 cm³/mol. The molecule has 0 bridgehead atoms. The minimum Gasteiger partial charge on any atom is -0.480 e. The monoisotopic (exact) mass is 524 g/mol. The summed E-state index contributed by atoms with van der Waals surface area (Å²) < 4.78 is 0. The van der Waals surface area contributed by atoms with Crippen LogP contribution < -0.4 is 10.6 Å². The molecule has 0 aromatic heterocycles. The molecule has 1 unspecified atom stereocenters. The maximum atomic E-state index is 13.3. The second-order valence-corrected chi connectivity index (χ2v) is 9.88. The number of rotatable bonds is 10. The van der Waals surface area contributed by atoms with Gasteiger partial charge in [0.1, 0.15) is 11.7 Å². The number of carbonyl (C=O) groups excluding carboxylic acids is 2. The van der Waals surface area contributed by atoms with Crippen LogP contribution in [0, 0.1) is 6.92 Å². The molecule has 2 amide bonds. The topological polar surface area (TPSA) is 95.5 Å². The van der Waals surface area contributed by atoms with Gasteiger partial charge in [0.15, 0.2) is 0 Å². The zero-order valence-corrected chi connectivity index (χ0v) is 21.7. The highest BCUT2D eigenvalue weighted by Crippen LogP contribution is 2.18. The van der Waals surface area contributed by atoms with Gasteiger partial charge in [0.2, 0.25) is 0 Å². The molecular formula is C31H28N2O4S. The maximum absolute atomic E-state index is 13.3. The van der Waals surface area contributed by atoms with Gasteiger partial charge < -0.3 is 15.7 Å². The van der Waals surface area contributed by atoms with Crippen molar-refractivity contribution in [2.24, 2.45) is 0 Å². The Morgan fingerprint density at radius 2 is 1.55 bits per heavy atom. The van der Waals surface area contributed by atoms with Crippen LogP contribution in [0.25, 0.3) is 16.8 Å². The maximum Gasteiger partial charge on any atom is 0.327 e. The molecule has 6 nitrogen and oxygen atoms in total. The fourth-order valence-electron chi connectivity index (χ4n) is 3.80. The molecule has 3 N–H and O–H groups in total. The van der Waals surface area contributed by atoms with E-state index in [4.69, 9.17) is 0 Å². The molecule has 0 saturated heterocycles. The van der Waals surface area contributed by atoms with E-state index in [0.29, 0.717) is 16.9 Å². The quantitative estimate of drug-likeness (QED) is 0.241. The summed E-state index contributed by atoms with van der Waals surface area (Å²) in [6.45, 7) is 1.92. The third-order valence-electron chi connectivity index (χ3n) is 5.89. The molecule has 0 spiro atoms. The minimum absolute atomic E-state index is 0.0369. The summed E-state index contributed by atoms with van der Waals surface area (Å²) in [6, 6.07) is 29.0. The second-order valence-electron chi connectivity index (χ2n) is 8.85. The number of fused-ring (bicyclic) bond motifs is 1. The smallest absolute Gasteiger partial charge is 0.327 e. The summed E-state index contributed by atoms with van der Waals surface area (Å²) in [4.78, 5) is 38.2. The van der Waals surface area contributed by atoms with E-state index in [1.54, 1.807) is 18.2 Å². The molecule has 0 fully saturated rings. The summed E-state index contributed by atoms with van der Waals surface area (Å²) in [7, 11) is 0. The fraction of sp³-hybridized carbons (Fsp3) is 0.129. The highest BCUT2D eigenvalue weighted by atomic mass is 32.2. The third-order valence-corrected chi connectivity index (χ3v) is 7.00. The van der Waals surface area contributed by atoms with Crippen molar-refractivity contribution in [2.45, 2.75) is 18.7 Å². The molecule has 38 heavy (non-hydrogen) atoms. The zero-order valence-electron chi connectivity index (χ0n) is 20.9. The fourth-order valence-corrected chi connectivity index (χ4v) is 4.81. The van der Waals surface area contributed by atoms with Crippen molar-refractivity contribution in [1.29, 1.82) is 0 Å². The number of carbonyl (C=O) groups is 3. The van der Waals surface area contributed by atoms with Gasteiger partial charge in [-0.25, -0.2) is 4.79 Å². The number of nitrogens with one attached hydrogen (secondary N) is 2. The number of carboxylic acid groups (broad SMARTS) is 1. The summed E-state index contributed by atoms with van der Waals surface area (Å²) in [5.41, 5.74) is 3.12. The lowest BCUT2D eigenvalue weighted by Crippen LogP contribution is -2.45. The number of thioether (sulfide) groups is 1. The largest absolute Gasteiger partial charge is 0.480 e. The van der Waals surface area contributed by atoms with Crippen molar-refractivity contribution in [3.63, 3.8) is 0 Å². The molecule has 0 aliphatic heterocycles. The number of hydrogen-bond donors (Lipinski definition) is 3. The van der Waals surface area contributed by atoms with Crippen LogP contribution in [0.5, 0.6) is 0 Å². The van der Waals surface area contributed by atoms with Gasteiger partial charge >= 0.3 is 5.97 Å². The molecule has 4 aromatic rings. The van der Waals surface area contributed by atoms with Crippen LogP contribution in [0.2, 0.25) is 0 Å². The summed E-state index contributed by atoms with van der Waals surface area (Å²) in [5, 5.41) is 17.1. The highest BCUT2D eigenvalue weighted by molar-refractivity contribution is 7.98. The standard InChI is InChI=1S/C31H28N2O4S/c1-21-11-14-25(15-12-21)29(34)32-27(18-23-13-16-24-9-5-6-10-26(24)17-23)30(35)33-28(31(36)37)20-38-19-22-7-3-2-4-8-22/h2-18,28H,19-20H2,1H3,(H,32,34)(H,33,35)(H,36,37)/b27-18+. The van der Waals surface area contributed by atoms with Gasteiger partial charge in [0.25, 0.3) is 11.8 Å². The van der Waals surface area contributed by atoms with Crippen molar-refractivity contribution in [1.82, 2.24) is 10.6 Å². The molecule has 0 aliphatic rings. The SMILES string of the molecule is Cc1ccc(C(=O)N/C(=C/c2ccc3ccccc3c2)C(=O)NC(CSCc2ccccc2)C(=O)O)cc1. The van der Waals surface area contributed by atoms with Crippen LogP contribution in [-0.2, 0) is 15.3 Å². The van der Waals surface area contributed by atoms with E-state index in [2.05, 4.69) is 10.6 Å². The van der Waals surface area contributed by atoms with E-state index in [-0.39, 0.29) is 11.4 Å². The molecule has 1 atom stereocenters. The van der Waals surface area contributed by atoms with Crippen LogP contribution in [0.15, 0.2) is 103 Å². The van der Waals surface area contributed by atoms with Crippen molar-refractivity contribution in [3.8, 4) is 0 Å². The van der Waals surface area contributed by atoms with Gasteiger partial charge in [-0.15, -0.1) is 0 Å². The predicted octanol–water partition coefficient (Wildman–Crippen LogP) is 5.42. The molecule has 192 valence electrons. The highest BCUT2D eigenvalue weighted by Gasteiger charge is 2.23. The molecule has 0 aliphatic carbocycles. The van der Waals surface area contributed by atoms with Crippen LogP contribution in [0.4, 0.5) is 0 Å². The summed E-state index contributed by atoms with van der Waals surface area (Å²) >= 11 is 1.41. The zero-order chi connectivity index (χ0) is 26.9.